The van der Waals surface area contributed by atoms with Crippen molar-refractivity contribution in [2.24, 2.45) is 10.2 Å². The summed E-state index contributed by atoms with van der Waals surface area (Å²) in [7, 11) is 0. The molecule has 0 fully saturated rings. The molecule has 1 unspecified atom stereocenters. The molecule has 0 saturated heterocycles. The van der Waals surface area contributed by atoms with Gasteiger partial charge in [-0.25, -0.2) is 9.97 Å². The monoisotopic (exact) mass is 288 g/mol. The fourth-order valence-corrected chi connectivity index (χ4v) is 2.03. The maximum atomic E-state index is 5.86. The van der Waals surface area contributed by atoms with Gasteiger partial charge in [-0.05, 0) is 31.4 Å². The Morgan fingerprint density at radius 1 is 1.20 bits per heavy atom. The van der Waals surface area contributed by atoms with Crippen LogP contribution in [0.15, 0.2) is 40.6 Å². The van der Waals surface area contributed by atoms with Gasteiger partial charge in [0.25, 0.3) is 0 Å². The molecule has 1 aromatic heterocycles. The summed E-state index contributed by atoms with van der Waals surface area (Å²) in [6, 6.07) is 9.99. The third kappa shape index (κ3) is 3.84. The van der Waals surface area contributed by atoms with Gasteiger partial charge in [0.2, 0.25) is 0 Å². The van der Waals surface area contributed by atoms with Gasteiger partial charge in [0, 0.05) is 6.07 Å². The number of rotatable bonds is 4. The molecule has 1 aromatic carbocycles. The predicted molar refractivity (Wildman–Crippen MR) is 80.5 cm³/mol. The molecule has 104 valence electrons. The van der Waals surface area contributed by atoms with Crippen LogP contribution in [0.5, 0.6) is 0 Å². The average Bonchev–Trinajstić information content (AvgIpc) is 2.44. The Hall–Kier alpha value is -1.81. The highest BCUT2D eigenvalue weighted by Gasteiger charge is 2.04. The van der Waals surface area contributed by atoms with Crippen LogP contribution < -0.4 is 0 Å². The van der Waals surface area contributed by atoms with Gasteiger partial charge >= 0.3 is 0 Å². The summed E-state index contributed by atoms with van der Waals surface area (Å²) in [6.07, 6.45) is 1.04. The van der Waals surface area contributed by atoms with E-state index in [1.807, 2.05) is 6.92 Å². The SMILES string of the molecule is CCc1ccc(C(C)N=Nc2cc(Cl)nc(C)n2)cc1. The molecule has 0 spiro atoms. The largest absolute Gasteiger partial charge is 0.221 e. The number of benzene rings is 1. The highest BCUT2D eigenvalue weighted by atomic mass is 35.5. The maximum absolute atomic E-state index is 5.86. The van der Waals surface area contributed by atoms with E-state index in [9.17, 15) is 0 Å². The van der Waals surface area contributed by atoms with E-state index in [-0.39, 0.29) is 6.04 Å². The van der Waals surface area contributed by atoms with Crippen LogP contribution in [0.25, 0.3) is 0 Å². The lowest BCUT2D eigenvalue weighted by Crippen LogP contribution is -1.90. The van der Waals surface area contributed by atoms with E-state index in [2.05, 4.69) is 51.4 Å². The first-order valence-corrected chi connectivity index (χ1v) is 6.97. The number of aryl methyl sites for hydroxylation is 2. The minimum Gasteiger partial charge on any atom is -0.221 e. The Labute approximate surface area is 124 Å². The Morgan fingerprint density at radius 3 is 2.50 bits per heavy atom. The molecule has 0 aliphatic rings. The van der Waals surface area contributed by atoms with Crippen molar-refractivity contribution in [1.82, 2.24) is 9.97 Å². The molecule has 0 aliphatic heterocycles. The van der Waals surface area contributed by atoms with Gasteiger partial charge in [-0.3, -0.25) is 0 Å². The highest BCUT2D eigenvalue weighted by molar-refractivity contribution is 6.29. The van der Waals surface area contributed by atoms with E-state index < -0.39 is 0 Å². The molecule has 2 aromatic rings. The molecule has 1 heterocycles. The normalized spacial score (nSPS) is 12.8. The van der Waals surface area contributed by atoms with Gasteiger partial charge in [-0.1, -0.05) is 42.8 Å². The molecule has 20 heavy (non-hydrogen) atoms. The van der Waals surface area contributed by atoms with Gasteiger partial charge in [0.05, 0.1) is 6.04 Å². The Balaban J connectivity index is 2.13. The standard InChI is InChI=1S/C15H17ClN4/c1-4-12-5-7-13(8-6-12)10(2)19-20-15-9-14(16)17-11(3)18-15/h5-10H,4H2,1-3H3. The number of aromatic nitrogens is 2. The fraction of sp³-hybridized carbons (Fsp3) is 0.333. The minimum absolute atomic E-state index is 0.0186. The summed E-state index contributed by atoms with van der Waals surface area (Å²) in [5, 5.41) is 8.80. The zero-order valence-corrected chi connectivity index (χ0v) is 12.6. The van der Waals surface area contributed by atoms with E-state index >= 15 is 0 Å². The van der Waals surface area contributed by atoms with Crippen LogP contribution in [-0.2, 0) is 6.42 Å². The van der Waals surface area contributed by atoms with Crippen LogP contribution in [0.2, 0.25) is 5.15 Å². The quantitative estimate of drug-likeness (QED) is 0.597. The smallest absolute Gasteiger partial charge is 0.178 e. The van der Waals surface area contributed by atoms with E-state index in [0.717, 1.165) is 12.0 Å². The lowest BCUT2D eigenvalue weighted by atomic mass is 10.1. The van der Waals surface area contributed by atoms with Crippen molar-refractivity contribution in [3.8, 4) is 0 Å². The molecule has 1 atom stereocenters. The summed E-state index contributed by atoms with van der Waals surface area (Å²) >= 11 is 5.86. The summed E-state index contributed by atoms with van der Waals surface area (Å²) in [5.74, 6) is 1.07. The van der Waals surface area contributed by atoms with Gasteiger partial charge in [-0.15, -0.1) is 5.11 Å². The second-order valence-electron chi connectivity index (χ2n) is 4.58. The third-order valence-corrected chi connectivity index (χ3v) is 3.19. The zero-order valence-electron chi connectivity index (χ0n) is 11.8. The van der Waals surface area contributed by atoms with Crippen molar-refractivity contribution in [2.75, 3.05) is 0 Å². The summed E-state index contributed by atoms with van der Waals surface area (Å²) in [5.41, 5.74) is 2.44. The number of hydrogen-bond acceptors (Lipinski definition) is 4. The minimum atomic E-state index is -0.0186. The van der Waals surface area contributed by atoms with Crippen LogP contribution >= 0.6 is 11.6 Å². The molecule has 0 radical (unpaired) electrons. The van der Waals surface area contributed by atoms with Crippen molar-refractivity contribution in [3.05, 3.63) is 52.4 Å². The third-order valence-electron chi connectivity index (χ3n) is 3.00. The lowest BCUT2D eigenvalue weighted by molar-refractivity contribution is 0.758. The van der Waals surface area contributed by atoms with Crippen molar-refractivity contribution in [1.29, 1.82) is 0 Å². The number of hydrogen-bond donors (Lipinski definition) is 0. The van der Waals surface area contributed by atoms with Crippen LogP contribution in [0.1, 0.15) is 36.8 Å². The van der Waals surface area contributed by atoms with Crippen LogP contribution in [0.4, 0.5) is 5.82 Å². The second-order valence-corrected chi connectivity index (χ2v) is 4.97. The molecular formula is C15H17ClN4. The first kappa shape index (κ1) is 14.6. The molecule has 0 amide bonds. The van der Waals surface area contributed by atoms with Crippen molar-refractivity contribution in [3.63, 3.8) is 0 Å². The topological polar surface area (TPSA) is 50.5 Å². The summed E-state index contributed by atoms with van der Waals surface area (Å²) in [4.78, 5) is 8.16. The molecule has 4 nitrogen and oxygen atoms in total. The number of halogens is 1. The number of azo groups is 1. The van der Waals surface area contributed by atoms with Gasteiger partial charge in [0.15, 0.2) is 5.82 Å². The van der Waals surface area contributed by atoms with Crippen molar-refractivity contribution < 1.29 is 0 Å². The first-order valence-electron chi connectivity index (χ1n) is 6.59. The van der Waals surface area contributed by atoms with E-state index in [4.69, 9.17) is 11.6 Å². The van der Waals surface area contributed by atoms with E-state index in [1.54, 1.807) is 13.0 Å². The molecule has 5 heteroatoms. The predicted octanol–water partition coefficient (Wildman–Crippen LogP) is 4.85. The van der Waals surface area contributed by atoms with Gasteiger partial charge < -0.3 is 0 Å². The van der Waals surface area contributed by atoms with Crippen LogP contribution in [0, 0.1) is 6.92 Å². The lowest BCUT2D eigenvalue weighted by Gasteiger charge is -2.06. The molecule has 2 rings (SSSR count). The molecule has 0 bridgehead atoms. The zero-order chi connectivity index (χ0) is 14.5. The first-order chi connectivity index (χ1) is 9.58. The molecular weight excluding hydrogens is 272 g/mol. The molecule has 0 aliphatic carbocycles. The second kappa shape index (κ2) is 6.57. The molecule has 0 saturated carbocycles. The summed E-state index contributed by atoms with van der Waals surface area (Å²) < 4.78 is 0. The van der Waals surface area contributed by atoms with Gasteiger partial charge in [-0.2, -0.15) is 5.11 Å². The Bertz CT molecular complexity index is 588. The van der Waals surface area contributed by atoms with E-state index in [1.165, 1.54) is 5.56 Å². The average molecular weight is 289 g/mol. The van der Waals surface area contributed by atoms with Crippen molar-refractivity contribution >= 4 is 17.4 Å². The van der Waals surface area contributed by atoms with E-state index in [0.29, 0.717) is 16.8 Å². The maximum Gasteiger partial charge on any atom is 0.178 e. The highest BCUT2D eigenvalue weighted by Crippen LogP contribution is 2.21. The Kier molecular flexibility index (Phi) is 4.79. The molecule has 0 N–H and O–H groups in total. The van der Waals surface area contributed by atoms with Crippen LogP contribution in [0.3, 0.4) is 0 Å². The van der Waals surface area contributed by atoms with Crippen LogP contribution in [-0.4, -0.2) is 9.97 Å². The Morgan fingerprint density at radius 2 is 1.90 bits per heavy atom. The van der Waals surface area contributed by atoms with Crippen molar-refractivity contribution in [2.45, 2.75) is 33.2 Å². The fourth-order valence-electron chi connectivity index (χ4n) is 1.81. The summed E-state index contributed by atoms with van der Waals surface area (Å²) in [6.45, 7) is 5.91. The number of nitrogens with zero attached hydrogens (tertiary/aromatic N) is 4. The van der Waals surface area contributed by atoms with Gasteiger partial charge in [0.1, 0.15) is 11.0 Å².